The molecule has 0 spiro atoms. The van der Waals surface area contributed by atoms with Crippen molar-refractivity contribution in [3.8, 4) is 0 Å². The molecule has 0 radical (unpaired) electrons. The largest absolute Gasteiger partial charge is 0.308 e. The zero-order chi connectivity index (χ0) is 13.0. The van der Waals surface area contributed by atoms with E-state index in [2.05, 4.69) is 14.5 Å². The summed E-state index contributed by atoms with van der Waals surface area (Å²) in [6, 6.07) is 2.41. The smallest absolute Gasteiger partial charge is 0.160 e. The van der Waals surface area contributed by atoms with Gasteiger partial charge in [0, 0.05) is 12.2 Å². The molecule has 2 aliphatic rings. The predicted molar refractivity (Wildman–Crippen MR) is 76.6 cm³/mol. The van der Waals surface area contributed by atoms with Gasteiger partial charge in [0.05, 0.1) is 10.9 Å². The summed E-state index contributed by atoms with van der Waals surface area (Å²) < 4.78 is 2.28. The number of halogens is 2. The summed E-state index contributed by atoms with van der Waals surface area (Å²) in [5, 5.41) is 0.631. The van der Waals surface area contributed by atoms with E-state index in [9.17, 15) is 0 Å². The van der Waals surface area contributed by atoms with Crippen LogP contribution in [-0.4, -0.2) is 14.5 Å². The molecule has 0 aliphatic heterocycles. The van der Waals surface area contributed by atoms with Crippen molar-refractivity contribution >= 4 is 34.4 Å². The van der Waals surface area contributed by atoms with Gasteiger partial charge < -0.3 is 4.57 Å². The van der Waals surface area contributed by atoms with E-state index in [0.717, 1.165) is 28.8 Å². The first-order valence-electron chi connectivity index (χ1n) is 6.84. The molecule has 3 nitrogen and oxygen atoms in total. The molecule has 0 N–H and O–H groups in total. The average Bonchev–Trinajstić information content (AvgIpc) is 3.09. The van der Waals surface area contributed by atoms with Crippen LogP contribution in [-0.2, 0) is 5.88 Å². The fraction of sp³-hybridized carbons (Fsp3) is 0.571. The Kier molecular flexibility index (Phi) is 2.75. The van der Waals surface area contributed by atoms with Gasteiger partial charge in [-0.1, -0.05) is 18.0 Å². The Morgan fingerprint density at radius 1 is 1.32 bits per heavy atom. The van der Waals surface area contributed by atoms with E-state index >= 15 is 0 Å². The lowest BCUT2D eigenvalue weighted by Gasteiger charge is -2.24. The maximum absolute atomic E-state index is 6.08. The molecule has 2 aliphatic carbocycles. The number of fused-ring (bicyclic) bond motifs is 3. The Hall–Kier alpha value is -0.800. The van der Waals surface area contributed by atoms with Crippen LogP contribution < -0.4 is 0 Å². The van der Waals surface area contributed by atoms with Crippen LogP contribution in [0, 0.1) is 11.8 Å². The summed E-state index contributed by atoms with van der Waals surface area (Å²) in [6.45, 7) is 0. The predicted octanol–water partition coefficient (Wildman–Crippen LogP) is 4.18. The standard InChI is InChI=1S/C14H15Cl2N3/c15-6-13-18-11-5-10(16)7-17-14(11)19(13)12-4-8-1-2-9(12)3-8/h5,7-9,12H,1-4,6H2. The van der Waals surface area contributed by atoms with Crippen molar-refractivity contribution in [2.45, 2.75) is 37.6 Å². The lowest BCUT2D eigenvalue weighted by Crippen LogP contribution is -2.18. The van der Waals surface area contributed by atoms with Gasteiger partial charge in [-0.15, -0.1) is 11.6 Å². The van der Waals surface area contributed by atoms with Crippen LogP contribution >= 0.6 is 23.2 Å². The quantitative estimate of drug-likeness (QED) is 0.778. The maximum Gasteiger partial charge on any atom is 0.160 e. The molecular formula is C14H15Cl2N3. The normalized spacial score (nSPS) is 29.5. The minimum Gasteiger partial charge on any atom is -0.308 e. The Labute approximate surface area is 121 Å². The molecule has 5 heteroatoms. The Morgan fingerprint density at radius 3 is 2.89 bits per heavy atom. The Bertz CT molecular complexity index is 637. The van der Waals surface area contributed by atoms with Gasteiger partial charge in [0.25, 0.3) is 0 Å². The van der Waals surface area contributed by atoms with Crippen LogP contribution in [0.1, 0.15) is 37.5 Å². The van der Waals surface area contributed by atoms with Crippen molar-refractivity contribution in [2.24, 2.45) is 11.8 Å². The Balaban J connectivity index is 1.88. The van der Waals surface area contributed by atoms with E-state index in [0.29, 0.717) is 16.9 Å². The summed E-state index contributed by atoms with van der Waals surface area (Å²) in [4.78, 5) is 9.09. The fourth-order valence-corrected chi connectivity index (χ4v) is 4.32. The van der Waals surface area contributed by atoms with Crippen molar-refractivity contribution in [1.82, 2.24) is 14.5 Å². The Morgan fingerprint density at radius 2 is 2.21 bits per heavy atom. The van der Waals surface area contributed by atoms with Gasteiger partial charge in [0.1, 0.15) is 11.3 Å². The highest BCUT2D eigenvalue weighted by Gasteiger charge is 2.41. The second kappa shape index (κ2) is 4.35. The first kappa shape index (κ1) is 12.0. The van der Waals surface area contributed by atoms with E-state index in [1.54, 1.807) is 6.20 Å². The van der Waals surface area contributed by atoms with Gasteiger partial charge in [0.2, 0.25) is 0 Å². The SMILES string of the molecule is ClCc1nc2cc(Cl)cnc2n1C1CC2CCC1C2. The third kappa shape index (κ3) is 1.78. The van der Waals surface area contributed by atoms with Crippen LogP contribution in [0.25, 0.3) is 11.2 Å². The highest BCUT2D eigenvalue weighted by Crippen LogP contribution is 2.51. The number of hydrogen-bond donors (Lipinski definition) is 0. The minimum absolute atomic E-state index is 0.432. The van der Waals surface area contributed by atoms with Crippen LogP contribution in [0.2, 0.25) is 5.02 Å². The number of hydrogen-bond acceptors (Lipinski definition) is 2. The molecule has 2 saturated carbocycles. The van der Waals surface area contributed by atoms with Crippen LogP contribution in [0.3, 0.4) is 0 Å². The molecule has 4 rings (SSSR count). The number of imidazole rings is 1. The van der Waals surface area contributed by atoms with E-state index in [4.69, 9.17) is 23.2 Å². The van der Waals surface area contributed by atoms with E-state index in [-0.39, 0.29) is 0 Å². The summed E-state index contributed by atoms with van der Waals surface area (Å²) in [6.07, 6.45) is 7.05. The highest BCUT2D eigenvalue weighted by atomic mass is 35.5. The monoisotopic (exact) mass is 295 g/mol. The van der Waals surface area contributed by atoms with Gasteiger partial charge in [-0.2, -0.15) is 0 Å². The van der Waals surface area contributed by atoms with Gasteiger partial charge in [-0.25, -0.2) is 9.97 Å². The van der Waals surface area contributed by atoms with E-state index in [1.807, 2.05) is 6.07 Å². The lowest BCUT2D eigenvalue weighted by molar-refractivity contribution is 0.330. The molecule has 0 saturated heterocycles. The van der Waals surface area contributed by atoms with Crippen molar-refractivity contribution < 1.29 is 0 Å². The summed E-state index contributed by atoms with van der Waals surface area (Å²) >= 11 is 12.1. The maximum atomic E-state index is 6.08. The molecule has 3 atom stereocenters. The molecule has 3 unspecified atom stereocenters. The minimum atomic E-state index is 0.432. The lowest BCUT2D eigenvalue weighted by atomic mass is 9.95. The molecule has 0 aromatic carbocycles. The van der Waals surface area contributed by atoms with Crippen molar-refractivity contribution in [3.05, 3.63) is 23.1 Å². The van der Waals surface area contributed by atoms with Crippen molar-refractivity contribution in [2.75, 3.05) is 0 Å². The fourth-order valence-electron chi connectivity index (χ4n) is 3.97. The van der Waals surface area contributed by atoms with Gasteiger partial charge in [-0.3, -0.25) is 0 Å². The first-order chi connectivity index (χ1) is 9.26. The number of nitrogens with zero attached hydrogens (tertiary/aromatic N) is 3. The van der Waals surface area contributed by atoms with E-state index in [1.165, 1.54) is 25.7 Å². The molecule has 2 bridgehead atoms. The zero-order valence-corrected chi connectivity index (χ0v) is 12.0. The highest BCUT2D eigenvalue weighted by molar-refractivity contribution is 6.31. The van der Waals surface area contributed by atoms with Crippen LogP contribution in [0.4, 0.5) is 0 Å². The second-order valence-corrected chi connectivity index (χ2v) is 6.47. The third-order valence-electron chi connectivity index (χ3n) is 4.72. The van der Waals surface area contributed by atoms with Crippen molar-refractivity contribution in [1.29, 1.82) is 0 Å². The number of aromatic nitrogens is 3. The molecule has 2 aromatic heterocycles. The van der Waals surface area contributed by atoms with Crippen LogP contribution in [0.5, 0.6) is 0 Å². The zero-order valence-electron chi connectivity index (χ0n) is 10.5. The molecule has 2 aromatic rings. The van der Waals surface area contributed by atoms with Gasteiger partial charge in [0.15, 0.2) is 5.65 Å². The van der Waals surface area contributed by atoms with Gasteiger partial charge in [-0.05, 0) is 37.2 Å². The third-order valence-corrected chi connectivity index (χ3v) is 5.17. The van der Waals surface area contributed by atoms with Crippen LogP contribution in [0.15, 0.2) is 12.3 Å². The summed E-state index contributed by atoms with van der Waals surface area (Å²) in [7, 11) is 0. The van der Waals surface area contributed by atoms with Gasteiger partial charge >= 0.3 is 0 Å². The van der Waals surface area contributed by atoms with Crippen molar-refractivity contribution in [3.63, 3.8) is 0 Å². The second-order valence-electron chi connectivity index (χ2n) is 5.77. The summed E-state index contributed by atoms with van der Waals surface area (Å²) in [5.74, 6) is 3.04. The number of rotatable bonds is 2. The molecular weight excluding hydrogens is 281 g/mol. The van der Waals surface area contributed by atoms with E-state index < -0.39 is 0 Å². The number of pyridine rings is 1. The first-order valence-corrected chi connectivity index (χ1v) is 7.76. The topological polar surface area (TPSA) is 30.7 Å². The molecule has 100 valence electrons. The molecule has 2 fully saturated rings. The summed E-state index contributed by atoms with van der Waals surface area (Å²) in [5.41, 5.74) is 1.81. The number of alkyl halides is 1. The molecule has 2 heterocycles. The molecule has 19 heavy (non-hydrogen) atoms. The molecule has 0 amide bonds. The average molecular weight is 296 g/mol.